The molecule has 0 aliphatic carbocycles. The molecule has 0 aliphatic rings. The number of allylic oxidation sites excluding steroid dienone is 3. The molecule has 0 bridgehead atoms. The summed E-state index contributed by atoms with van der Waals surface area (Å²) in [4.78, 5) is 31.4. The summed E-state index contributed by atoms with van der Waals surface area (Å²) in [5.41, 5.74) is 5.57. The molecule has 0 spiro atoms. The first-order chi connectivity index (χ1) is 16.0. The number of rotatable bonds is 8. The van der Waals surface area contributed by atoms with Crippen LogP contribution in [0.4, 0.5) is 5.69 Å². The van der Waals surface area contributed by atoms with Crippen LogP contribution in [0.25, 0.3) is 16.7 Å². The van der Waals surface area contributed by atoms with Gasteiger partial charge < -0.3 is 20.9 Å². The maximum Gasteiger partial charge on any atom is 0.255 e. The molecule has 0 saturated carbocycles. The monoisotopic (exact) mass is 463 g/mol. The predicted octanol–water partition coefficient (Wildman–Crippen LogP) is 4.30. The Hall–Kier alpha value is -3.45. The first-order valence-electron chi connectivity index (χ1n) is 11.3. The Bertz CT molecular complexity index is 1090. The zero-order chi connectivity index (χ0) is 25.5. The van der Waals surface area contributed by atoms with Crippen LogP contribution in [0.1, 0.15) is 50.5 Å². The third-order valence-corrected chi connectivity index (χ3v) is 5.24. The molecule has 7 heteroatoms. The number of hydrogen-bond acceptors (Lipinski definition) is 5. The minimum absolute atomic E-state index is 0.150. The minimum Gasteiger partial charge on any atom is -0.393 e. The van der Waals surface area contributed by atoms with Crippen LogP contribution in [-0.2, 0) is 4.79 Å². The normalized spacial score (nSPS) is 12.4. The first-order valence-corrected chi connectivity index (χ1v) is 11.3. The lowest BCUT2D eigenvalue weighted by Gasteiger charge is -2.21. The number of hydrogen-bond donors (Lipinski definition) is 3. The number of carbonyl (C=O) groups is 2. The average Bonchev–Trinajstić information content (AvgIpc) is 2.80. The van der Waals surface area contributed by atoms with E-state index in [0.29, 0.717) is 11.3 Å². The van der Waals surface area contributed by atoms with Gasteiger partial charge in [-0.2, -0.15) is 0 Å². The molecule has 7 nitrogen and oxygen atoms in total. The van der Waals surface area contributed by atoms with Gasteiger partial charge in [0.25, 0.3) is 5.91 Å². The van der Waals surface area contributed by atoms with E-state index in [2.05, 4.69) is 33.9 Å². The summed E-state index contributed by atoms with van der Waals surface area (Å²) in [7, 11) is 5.25. The largest absolute Gasteiger partial charge is 0.393 e. The van der Waals surface area contributed by atoms with Crippen molar-refractivity contribution in [1.82, 2.24) is 20.5 Å². The van der Waals surface area contributed by atoms with Crippen LogP contribution in [0, 0.1) is 0 Å². The van der Waals surface area contributed by atoms with Gasteiger partial charge in [-0.1, -0.05) is 12.1 Å². The molecule has 1 aromatic heterocycles. The van der Waals surface area contributed by atoms with Crippen LogP contribution in [0.2, 0.25) is 0 Å². The lowest BCUT2D eigenvalue weighted by Crippen LogP contribution is -2.41. The Morgan fingerprint density at radius 2 is 1.79 bits per heavy atom. The molecule has 3 N–H and O–H groups in total. The van der Waals surface area contributed by atoms with Crippen LogP contribution < -0.4 is 16.0 Å². The first kappa shape index (κ1) is 26.8. The number of amides is 2. The molecule has 2 aromatic rings. The molecule has 2 rings (SSSR count). The zero-order valence-electron chi connectivity index (χ0n) is 21.5. The second-order valence-electron chi connectivity index (χ2n) is 9.39. The summed E-state index contributed by atoms with van der Waals surface area (Å²) >= 11 is 0. The van der Waals surface area contributed by atoms with Crippen molar-refractivity contribution < 1.29 is 9.59 Å². The van der Waals surface area contributed by atoms with Crippen LogP contribution in [0.3, 0.4) is 0 Å². The molecule has 0 unspecified atom stereocenters. The molecule has 182 valence electrons. The second-order valence-corrected chi connectivity index (χ2v) is 9.39. The third-order valence-electron chi connectivity index (χ3n) is 5.24. The van der Waals surface area contributed by atoms with Gasteiger partial charge in [-0.3, -0.25) is 14.6 Å². The molecule has 0 atom stereocenters. The van der Waals surface area contributed by atoms with Gasteiger partial charge in [0, 0.05) is 62.0 Å². The highest BCUT2D eigenvalue weighted by atomic mass is 16.2. The second kappa shape index (κ2) is 11.6. The van der Waals surface area contributed by atoms with Gasteiger partial charge in [-0.05, 0) is 64.0 Å². The van der Waals surface area contributed by atoms with E-state index in [1.54, 1.807) is 32.4 Å². The van der Waals surface area contributed by atoms with Gasteiger partial charge in [-0.25, -0.2) is 0 Å². The Morgan fingerprint density at radius 3 is 2.38 bits per heavy atom. The van der Waals surface area contributed by atoms with Crippen molar-refractivity contribution in [3.8, 4) is 11.1 Å². The molecular weight excluding hydrogens is 426 g/mol. The third kappa shape index (κ3) is 7.28. The van der Waals surface area contributed by atoms with E-state index < -0.39 is 0 Å². The van der Waals surface area contributed by atoms with Crippen molar-refractivity contribution in [2.24, 2.45) is 0 Å². The standard InChI is InChI=1S/C27H37N5O2/c1-9-18(2)23(16-28-6)21-12-20(14-29-15-21)19-10-11-24(22(13-19)26(34)32(7)8)31-25(33)17-30-27(3,4)5/h9-16,28,30H,17H2,1-8H3,(H,31,33)/b18-9+,23-16-. The molecule has 2 amide bonds. The van der Waals surface area contributed by atoms with Crippen LogP contribution >= 0.6 is 0 Å². The van der Waals surface area contributed by atoms with Gasteiger partial charge in [0.05, 0.1) is 17.8 Å². The summed E-state index contributed by atoms with van der Waals surface area (Å²) in [5.74, 6) is -0.395. The highest BCUT2D eigenvalue weighted by Gasteiger charge is 2.18. The number of nitrogens with zero attached hydrogens (tertiary/aromatic N) is 2. The van der Waals surface area contributed by atoms with Crippen LogP contribution in [0.15, 0.2) is 54.5 Å². The summed E-state index contributed by atoms with van der Waals surface area (Å²) in [6.07, 6.45) is 7.59. The fourth-order valence-electron chi connectivity index (χ4n) is 3.26. The van der Waals surface area contributed by atoms with Crippen molar-refractivity contribution in [3.63, 3.8) is 0 Å². The molecular formula is C27H37N5O2. The van der Waals surface area contributed by atoms with E-state index in [9.17, 15) is 9.59 Å². The lowest BCUT2D eigenvalue weighted by atomic mass is 9.96. The van der Waals surface area contributed by atoms with E-state index >= 15 is 0 Å². The van der Waals surface area contributed by atoms with E-state index in [1.165, 1.54) is 4.90 Å². The van der Waals surface area contributed by atoms with Gasteiger partial charge in [-0.15, -0.1) is 0 Å². The number of pyridine rings is 1. The molecule has 0 saturated heterocycles. The molecule has 0 radical (unpaired) electrons. The van der Waals surface area contributed by atoms with Gasteiger partial charge in [0.2, 0.25) is 5.91 Å². The Labute approximate surface area is 203 Å². The maximum absolute atomic E-state index is 13.0. The SMILES string of the molecule is C/C=C(C)/C(=C/NC)c1cncc(-c2ccc(NC(=O)CNC(C)(C)C)c(C(=O)N(C)C)c2)c1. The fourth-order valence-corrected chi connectivity index (χ4v) is 3.26. The molecule has 0 fully saturated rings. The lowest BCUT2D eigenvalue weighted by molar-refractivity contribution is -0.115. The van der Waals surface area contributed by atoms with Crippen molar-refractivity contribution in [1.29, 1.82) is 0 Å². The quantitative estimate of drug-likeness (QED) is 0.508. The van der Waals surface area contributed by atoms with Crippen molar-refractivity contribution in [2.75, 3.05) is 33.0 Å². The summed E-state index contributed by atoms with van der Waals surface area (Å²) in [6.45, 7) is 10.2. The highest BCUT2D eigenvalue weighted by molar-refractivity contribution is 6.05. The van der Waals surface area contributed by atoms with Crippen molar-refractivity contribution in [3.05, 3.63) is 65.6 Å². The van der Waals surface area contributed by atoms with Gasteiger partial charge >= 0.3 is 0 Å². The highest BCUT2D eigenvalue weighted by Crippen LogP contribution is 2.29. The molecule has 1 aromatic carbocycles. The summed E-state index contributed by atoms with van der Waals surface area (Å²) < 4.78 is 0. The zero-order valence-corrected chi connectivity index (χ0v) is 21.5. The number of benzene rings is 1. The Kier molecular flexibility index (Phi) is 9.15. The number of carbonyl (C=O) groups excluding carboxylic acids is 2. The topological polar surface area (TPSA) is 86.4 Å². The van der Waals surface area contributed by atoms with E-state index in [-0.39, 0.29) is 23.9 Å². The fraction of sp³-hybridized carbons (Fsp3) is 0.370. The Balaban J connectivity index is 2.46. The van der Waals surface area contributed by atoms with Crippen molar-refractivity contribution in [2.45, 2.75) is 40.2 Å². The average molecular weight is 464 g/mol. The molecule has 34 heavy (non-hydrogen) atoms. The summed E-state index contributed by atoms with van der Waals surface area (Å²) in [6, 6.07) is 7.52. The van der Waals surface area contributed by atoms with Crippen molar-refractivity contribution >= 4 is 23.1 Å². The Morgan fingerprint density at radius 1 is 1.09 bits per heavy atom. The predicted molar refractivity (Wildman–Crippen MR) is 141 cm³/mol. The molecule has 1 heterocycles. The molecule has 0 aliphatic heterocycles. The van der Waals surface area contributed by atoms with Gasteiger partial charge in [0.15, 0.2) is 0 Å². The van der Waals surface area contributed by atoms with Crippen LogP contribution in [-0.4, -0.2) is 54.9 Å². The maximum atomic E-state index is 13.0. The van der Waals surface area contributed by atoms with E-state index in [1.807, 2.05) is 59.3 Å². The van der Waals surface area contributed by atoms with E-state index in [4.69, 9.17) is 0 Å². The summed E-state index contributed by atoms with van der Waals surface area (Å²) in [5, 5.41) is 9.13. The smallest absolute Gasteiger partial charge is 0.255 e. The van der Waals surface area contributed by atoms with Gasteiger partial charge in [0.1, 0.15) is 0 Å². The van der Waals surface area contributed by atoms with Crippen LogP contribution in [0.5, 0.6) is 0 Å². The number of aromatic nitrogens is 1. The number of anilines is 1. The minimum atomic E-state index is -0.206. The number of nitrogens with one attached hydrogen (secondary N) is 3. The van der Waals surface area contributed by atoms with E-state index in [0.717, 1.165) is 27.8 Å².